The molecule has 1 saturated heterocycles. The third kappa shape index (κ3) is 4.26. The van der Waals surface area contributed by atoms with E-state index in [9.17, 15) is 4.79 Å². The number of ether oxygens (including phenoxy) is 1. The van der Waals surface area contributed by atoms with Crippen LogP contribution in [0.2, 0.25) is 0 Å². The minimum Gasteiger partial charge on any atom is -0.489 e. The molecule has 1 N–H and O–H groups in total. The van der Waals surface area contributed by atoms with E-state index in [1.165, 1.54) is 0 Å². The quantitative estimate of drug-likeness (QED) is 0.901. The Balaban J connectivity index is 1.85. The third-order valence-electron chi connectivity index (χ3n) is 3.96. The van der Waals surface area contributed by atoms with Gasteiger partial charge in [-0.1, -0.05) is 12.1 Å². The fourth-order valence-corrected chi connectivity index (χ4v) is 2.86. The van der Waals surface area contributed by atoms with E-state index in [1.54, 1.807) is 6.07 Å². The van der Waals surface area contributed by atoms with Gasteiger partial charge in [-0.15, -0.1) is 0 Å². The summed E-state index contributed by atoms with van der Waals surface area (Å²) in [5, 5.41) is 3.19. The summed E-state index contributed by atoms with van der Waals surface area (Å²) in [7, 11) is 0. The van der Waals surface area contributed by atoms with Crippen molar-refractivity contribution in [3.63, 3.8) is 0 Å². The predicted molar refractivity (Wildman–Crippen MR) is 97.4 cm³/mol. The zero-order chi connectivity index (χ0) is 17.8. The third-order valence-corrected chi connectivity index (χ3v) is 3.96. The van der Waals surface area contributed by atoms with Crippen LogP contribution in [-0.4, -0.2) is 40.0 Å². The van der Waals surface area contributed by atoms with Crippen LogP contribution in [0.4, 0.5) is 11.6 Å². The van der Waals surface area contributed by atoms with Gasteiger partial charge < -0.3 is 15.0 Å². The van der Waals surface area contributed by atoms with Crippen LogP contribution in [0.1, 0.15) is 42.9 Å². The number of anilines is 2. The van der Waals surface area contributed by atoms with Gasteiger partial charge in [0.15, 0.2) is 0 Å². The Labute approximate surface area is 148 Å². The van der Waals surface area contributed by atoms with Gasteiger partial charge in [-0.05, 0) is 51.8 Å². The van der Waals surface area contributed by atoms with Crippen molar-refractivity contribution in [3.8, 4) is 5.75 Å². The normalized spacial score (nSPS) is 14.0. The zero-order valence-electron chi connectivity index (χ0n) is 15.0. The van der Waals surface area contributed by atoms with Crippen molar-refractivity contribution in [1.82, 2.24) is 14.9 Å². The molecular weight excluding hydrogens is 316 g/mol. The molecule has 0 aliphatic carbocycles. The van der Waals surface area contributed by atoms with Crippen molar-refractivity contribution in [2.75, 3.05) is 18.4 Å². The molecule has 1 aromatic carbocycles. The van der Waals surface area contributed by atoms with E-state index in [2.05, 4.69) is 15.3 Å². The molecule has 0 unspecified atom stereocenters. The van der Waals surface area contributed by atoms with Crippen LogP contribution in [0.3, 0.4) is 0 Å². The second-order valence-electron chi connectivity index (χ2n) is 6.51. The largest absolute Gasteiger partial charge is 0.489 e. The highest BCUT2D eigenvalue weighted by atomic mass is 16.5. The summed E-state index contributed by atoms with van der Waals surface area (Å²) >= 11 is 0. The summed E-state index contributed by atoms with van der Waals surface area (Å²) in [5.74, 6) is 1.11. The van der Waals surface area contributed by atoms with E-state index in [0.717, 1.165) is 43.1 Å². The molecule has 2 aromatic rings. The number of carbonyl (C=O) groups excluding carboxylic acids is 1. The Morgan fingerprint density at radius 3 is 2.64 bits per heavy atom. The monoisotopic (exact) mass is 340 g/mol. The molecular formula is C19H24N4O2. The zero-order valence-corrected chi connectivity index (χ0v) is 15.0. The lowest BCUT2D eigenvalue weighted by atomic mass is 10.3. The van der Waals surface area contributed by atoms with Crippen LogP contribution in [-0.2, 0) is 0 Å². The van der Waals surface area contributed by atoms with Crippen molar-refractivity contribution in [3.05, 3.63) is 41.7 Å². The van der Waals surface area contributed by atoms with E-state index in [-0.39, 0.29) is 12.0 Å². The number of hydrogen-bond donors (Lipinski definition) is 1. The number of nitrogens with one attached hydrogen (secondary N) is 1. The molecule has 6 heteroatoms. The summed E-state index contributed by atoms with van der Waals surface area (Å²) in [6.45, 7) is 7.43. The fraction of sp³-hybridized carbons (Fsp3) is 0.421. The Kier molecular flexibility index (Phi) is 5.16. The lowest BCUT2D eigenvalue weighted by Gasteiger charge is -2.17. The molecule has 1 aliphatic heterocycles. The number of amides is 1. The second-order valence-corrected chi connectivity index (χ2v) is 6.51. The predicted octanol–water partition coefficient (Wildman–Crippen LogP) is 3.55. The SMILES string of the molecule is Cc1cc(C(=O)N2CCCC2)nc(Nc2ccccc2OC(C)C)n1. The minimum atomic E-state index is -0.0298. The number of aryl methyl sites for hydroxylation is 1. The lowest BCUT2D eigenvalue weighted by molar-refractivity contribution is 0.0787. The Hall–Kier alpha value is -2.63. The molecule has 6 nitrogen and oxygen atoms in total. The molecule has 1 aromatic heterocycles. The van der Waals surface area contributed by atoms with Crippen LogP contribution >= 0.6 is 0 Å². The molecule has 1 fully saturated rings. The van der Waals surface area contributed by atoms with Gasteiger partial charge in [0.25, 0.3) is 5.91 Å². The van der Waals surface area contributed by atoms with Crippen molar-refractivity contribution in [1.29, 1.82) is 0 Å². The molecule has 0 spiro atoms. The first kappa shape index (κ1) is 17.2. The second kappa shape index (κ2) is 7.51. The smallest absolute Gasteiger partial charge is 0.272 e. The summed E-state index contributed by atoms with van der Waals surface area (Å²) in [6, 6.07) is 9.38. The molecule has 132 valence electrons. The highest BCUT2D eigenvalue weighted by Crippen LogP contribution is 2.27. The maximum atomic E-state index is 12.6. The molecule has 0 saturated carbocycles. The number of para-hydroxylation sites is 2. The van der Waals surface area contributed by atoms with E-state index in [0.29, 0.717) is 11.6 Å². The first-order valence-corrected chi connectivity index (χ1v) is 8.70. The van der Waals surface area contributed by atoms with Gasteiger partial charge in [0, 0.05) is 18.8 Å². The summed E-state index contributed by atoms with van der Waals surface area (Å²) < 4.78 is 5.81. The highest BCUT2D eigenvalue weighted by Gasteiger charge is 2.21. The molecule has 0 atom stereocenters. The lowest BCUT2D eigenvalue weighted by Crippen LogP contribution is -2.28. The van der Waals surface area contributed by atoms with Gasteiger partial charge in [-0.2, -0.15) is 0 Å². The molecule has 0 bridgehead atoms. The van der Waals surface area contributed by atoms with Gasteiger partial charge in [0.05, 0.1) is 11.8 Å². The first-order valence-electron chi connectivity index (χ1n) is 8.70. The van der Waals surface area contributed by atoms with E-state index < -0.39 is 0 Å². The van der Waals surface area contributed by atoms with E-state index in [1.807, 2.05) is 49.9 Å². The number of carbonyl (C=O) groups is 1. The molecule has 1 amide bonds. The topological polar surface area (TPSA) is 67.4 Å². The van der Waals surface area contributed by atoms with Crippen LogP contribution in [0.5, 0.6) is 5.75 Å². The highest BCUT2D eigenvalue weighted by molar-refractivity contribution is 5.93. The van der Waals surface area contributed by atoms with Crippen LogP contribution in [0.15, 0.2) is 30.3 Å². The van der Waals surface area contributed by atoms with Gasteiger partial charge in [0.1, 0.15) is 11.4 Å². The molecule has 2 heterocycles. The number of aromatic nitrogens is 2. The number of likely N-dealkylation sites (tertiary alicyclic amines) is 1. The first-order chi connectivity index (χ1) is 12.0. The van der Waals surface area contributed by atoms with Crippen molar-refractivity contribution in [2.45, 2.75) is 39.7 Å². The Bertz CT molecular complexity index is 755. The van der Waals surface area contributed by atoms with Crippen LogP contribution < -0.4 is 10.1 Å². The van der Waals surface area contributed by atoms with Crippen molar-refractivity contribution >= 4 is 17.5 Å². The van der Waals surface area contributed by atoms with Gasteiger partial charge in [0.2, 0.25) is 5.95 Å². The number of benzene rings is 1. The van der Waals surface area contributed by atoms with E-state index in [4.69, 9.17) is 4.74 Å². The van der Waals surface area contributed by atoms with Gasteiger partial charge in [-0.25, -0.2) is 9.97 Å². The Morgan fingerprint density at radius 1 is 1.20 bits per heavy atom. The maximum Gasteiger partial charge on any atom is 0.272 e. The summed E-state index contributed by atoms with van der Waals surface area (Å²) in [6.07, 6.45) is 2.18. The fourth-order valence-electron chi connectivity index (χ4n) is 2.86. The number of rotatable bonds is 5. The average molecular weight is 340 g/mol. The Morgan fingerprint density at radius 2 is 1.92 bits per heavy atom. The minimum absolute atomic E-state index is 0.0298. The average Bonchev–Trinajstić information content (AvgIpc) is 3.09. The summed E-state index contributed by atoms with van der Waals surface area (Å²) in [5.41, 5.74) is 1.96. The van der Waals surface area contributed by atoms with Crippen molar-refractivity contribution in [2.24, 2.45) is 0 Å². The maximum absolute atomic E-state index is 12.6. The van der Waals surface area contributed by atoms with Gasteiger partial charge in [-0.3, -0.25) is 4.79 Å². The van der Waals surface area contributed by atoms with Crippen molar-refractivity contribution < 1.29 is 9.53 Å². The molecule has 3 rings (SSSR count). The molecule has 1 aliphatic rings. The molecule has 0 radical (unpaired) electrons. The van der Waals surface area contributed by atoms with Crippen LogP contribution in [0, 0.1) is 6.92 Å². The molecule has 25 heavy (non-hydrogen) atoms. The number of nitrogens with zero attached hydrogens (tertiary/aromatic N) is 3. The standard InChI is InChI=1S/C19H24N4O2/c1-13(2)25-17-9-5-4-8-15(17)21-19-20-14(3)12-16(22-19)18(24)23-10-6-7-11-23/h4-5,8-9,12-13H,6-7,10-11H2,1-3H3,(H,20,21,22). The number of hydrogen-bond acceptors (Lipinski definition) is 5. The van der Waals surface area contributed by atoms with E-state index >= 15 is 0 Å². The van der Waals surface area contributed by atoms with Gasteiger partial charge >= 0.3 is 0 Å². The van der Waals surface area contributed by atoms with Crippen LogP contribution in [0.25, 0.3) is 0 Å². The summed E-state index contributed by atoms with van der Waals surface area (Å²) in [4.78, 5) is 23.3.